The van der Waals surface area contributed by atoms with Crippen molar-refractivity contribution in [1.82, 2.24) is 0 Å². The SMILES string of the molecule is CC/C=C\C/C=C\C/C=C\C/C=C\C/C=C\C/C=C\CCC(=O)OC[C@H](COC(=O)CCCCCCCCC/C=C\C/C=C\CCCCC)OC(=O)CCCCCCC/C=C\C/C=C\C/C=C\CC. The third-order valence-corrected chi connectivity index (χ3v) is 11.1. The lowest BCUT2D eigenvalue weighted by Gasteiger charge is -2.18. The minimum atomic E-state index is -0.826. The quantitative estimate of drug-likeness (QED) is 0.0262. The molecule has 0 spiro atoms. The van der Waals surface area contributed by atoms with Gasteiger partial charge in [-0.05, 0) is 122 Å². The second kappa shape index (κ2) is 56.1. The van der Waals surface area contributed by atoms with Gasteiger partial charge in [-0.15, -0.1) is 0 Å². The number of carbonyl (C=O) groups excluding carboxylic acids is 3. The number of rotatable bonds is 48. The third-order valence-electron chi connectivity index (χ3n) is 11.1. The number of esters is 3. The summed E-state index contributed by atoms with van der Waals surface area (Å²) in [6, 6.07) is 0. The average molecular weight is 953 g/mol. The summed E-state index contributed by atoms with van der Waals surface area (Å²) in [5.41, 5.74) is 0. The van der Waals surface area contributed by atoms with Crippen LogP contribution >= 0.6 is 0 Å². The van der Waals surface area contributed by atoms with Crippen molar-refractivity contribution in [2.24, 2.45) is 0 Å². The molecular weight excluding hydrogens is 853 g/mol. The van der Waals surface area contributed by atoms with Crippen molar-refractivity contribution in [3.63, 3.8) is 0 Å². The molecule has 0 saturated heterocycles. The summed E-state index contributed by atoms with van der Waals surface area (Å²) >= 11 is 0. The summed E-state index contributed by atoms with van der Waals surface area (Å²) in [6.07, 6.45) is 78.7. The van der Waals surface area contributed by atoms with Crippen LogP contribution in [0.2, 0.25) is 0 Å². The summed E-state index contributed by atoms with van der Waals surface area (Å²) in [7, 11) is 0. The predicted molar refractivity (Wildman–Crippen MR) is 297 cm³/mol. The molecule has 0 unspecified atom stereocenters. The van der Waals surface area contributed by atoms with Crippen molar-refractivity contribution in [1.29, 1.82) is 0 Å². The molecule has 6 nitrogen and oxygen atoms in total. The molecule has 0 heterocycles. The van der Waals surface area contributed by atoms with E-state index in [1.165, 1.54) is 51.4 Å². The maximum absolute atomic E-state index is 12.8. The van der Waals surface area contributed by atoms with E-state index in [0.717, 1.165) is 128 Å². The van der Waals surface area contributed by atoms with Gasteiger partial charge in [0.1, 0.15) is 13.2 Å². The first-order chi connectivity index (χ1) is 34.0. The van der Waals surface area contributed by atoms with Crippen molar-refractivity contribution in [3.8, 4) is 0 Å². The molecule has 0 aliphatic rings. The van der Waals surface area contributed by atoms with E-state index in [1.54, 1.807) is 0 Å². The van der Waals surface area contributed by atoms with Crippen LogP contribution in [0.5, 0.6) is 0 Å². The Morgan fingerprint density at radius 3 is 0.971 bits per heavy atom. The molecular formula is C63H100O6. The van der Waals surface area contributed by atoms with Crippen LogP contribution in [0.25, 0.3) is 0 Å². The van der Waals surface area contributed by atoms with Crippen molar-refractivity contribution in [3.05, 3.63) is 134 Å². The van der Waals surface area contributed by atoms with Gasteiger partial charge in [0.25, 0.3) is 0 Å². The van der Waals surface area contributed by atoms with Crippen molar-refractivity contribution < 1.29 is 28.6 Å². The van der Waals surface area contributed by atoms with Crippen LogP contribution in [0.15, 0.2) is 134 Å². The maximum Gasteiger partial charge on any atom is 0.306 e. The van der Waals surface area contributed by atoms with Gasteiger partial charge in [-0.3, -0.25) is 14.4 Å². The van der Waals surface area contributed by atoms with E-state index in [1.807, 2.05) is 12.2 Å². The normalized spacial score (nSPS) is 13.1. The smallest absolute Gasteiger partial charge is 0.306 e. The molecule has 0 rings (SSSR count). The first kappa shape index (κ1) is 64.5. The summed E-state index contributed by atoms with van der Waals surface area (Å²) in [5.74, 6) is -1.04. The van der Waals surface area contributed by atoms with Crippen LogP contribution in [0.4, 0.5) is 0 Å². The zero-order valence-electron chi connectivity index (χ0n) is 44.3. The number of ether oxygens (including phenoxy) is 3. The second-order valence-electron chi connectivity index (χ2n) is 17.7. The fraction of sp³-hybridized carbons (Fsp3) is 0.603. The molecule has 0 N–H and O–H groups in total. The number of hydrogen-bond donors (Lipinski definition) is 0. The Bertz CT molecular complexity index is 1510. The molecule has 0 saturated carbocycles. The van der Waals surface area contributed by atoms with Gasteiger partial charge in [-0.25, -0.2) is 0 Å². The Kier molecular flexibility index (Phi) is 52.5. The molecule has 69 heavy (non-hydrogen) atoms. The maximum atomic E-state index is 12.8. The minimum Gasteiger partial charge on any atom is -0.462 e. The minimum absolute atomic E-state index is 0.117. The van der Waals surface area contributed by atoms with Crippen LogP contribution in [-0.4, -0.2) is 37.2 Å². The van der Waals surface area contributed by atoms with Crippen LogP contribution in [0, 0.1) is 0 Å². The van der Waals surface area contributed by atoms with Crippen LogP contribution in [0.1, 0.15) is 226 Å². The Hall–Kier alpha value is -4.45. The second-order valence-corrected chi connectivity index (χ2v) is 17.7. The van der Waals surface area contributed by atoms with Gasteiger partial charge in [0, 0.05) is 19.3 Å². The highest BCUT2D eigenvalue weighted by Crippen LogP contribution is 2.13. The van der Waals surface area contributed by atoms with Gasteiger partial charge in [0.15, 0.2) is 6.10 Å². The summed E-state index contributed by atoms with van der Waals surface area (Å²) in [6.45, 7) is 6.29. The molecule has 0 amide bonds. The highest BCUT2D eigenvalue weighted by molar-refractivity contribution is 5.71. The largest absolute Gasteiger partial charge is 0.462 e. The average Bonchev–Trinajstić information content (AvgIpc) is 3.35. The molecule has 0 fully saturated rings. The summed E-state index contributed by atoms with van der Waals surface area (Å²) in [4.78, 5) is 38.1. The molecule has 1 atom stereocenters. The van der Waals surface area contributed by atoms with Gasteiger partial charge in [-0.1, -0.05) is 219 Å². The first-order valence-electron chi connectivity index (χ1n) is 27.7. The van der Waals surface area contributed by atoms with E-state index in [2.05, 4.69) is 142 Å². The van der Waals surface area contributed by atoms with Gasteiger partial charge < -0.3 is 14.2 Å². The molecule has 0 aromatic heterocycles. The van der Waals surface area contributed by atoms with Crippen LogP contribution in [0.3, 0.4) is 0 Å². The highest BCUT2D eigenvalue weighted by Gasteiger charge is 2.19. The Morgan fingerprint density at radius 2 is 0.594 bits per heavy atom. The van der Waals surface area contributed by atoms with E-state index in [-0.39, 0.29) is 44.0 Å². The van der Waals surface area contributed by atoms with Gasteiger partial charge >= 0.3 is 17.9 Å². The number of hydrogen-bond acceptors (Lipinski definition) is 6. The molecule has 0 aromatic carbocycles. The van der Waals surface area contributed by atoms with E-state index in [9.17, 15) is 14.4 Å². The summed E-state index contributed by atoms with van der Waals surface area (Å²) in [5, 5.41) is 0. The van der Waals surface area contributed by atoms with Gasteiger partial charge in [-0.2, -0.15) is 0 Å². The Labute approximate surface area is 424 Å². The number of carbonyl (C=O) groups is 3. The molecule has 0 aliphatic heterocycles. The standard InChI is InChI=1S/C63H100O6/c1-4-7-10-13-16-19-22-25-28-30-31-33-36-38-41-44-47-50-53-56-62(65)68-59-60(69-63(66)57-54-51-48-45-42-39-34-27-24-21-18-15-12-9-6-3)58-67-61(64)55-52-49-46-43-40-37-35-32-29-26-23-20-17-14-11-8-5-2/h7,9-10,12,16-21,25-29,31,33-34,38,41,47,50,60H,4-6,8,11,13-15,22-24,30,32,35-37,39-40,42-46,48-49,51-59H2,1-3H3/b10-7-,12-9-,19-16-,20-17-,21-18-,28-25-,29-26-,33-31-,34-27-,41-38-,50-47-/t60-/m0/s1. The lowest BCUT2D eigenvalue weighted by molar-refractivity contribution is -0.166. The highest BCUT2D eigenvalue weighted by atomic mass is 16.6. The van der Waals surface area contributed by atoms with Crippen molar-refractivity contribution in [2.75, 3.05) is 13.2 Å². The lowest BCUT2D eigenvalue weighted by atomic mass is 10.1. The fourth-order valence-electron chi connectivity index (χ4n) is 7.04. The summed E-state index contributed by atoms with van der Waals surface area (Å²) < 4.78 is 16.8. The zero-order valence-corrected chi connectivity index (χ0v) is 44.3. The van der Waals surface area contributed by atoms with Gasteiger partial charge in [0.2, 0.25) is 0 Å². The van der Waals surface area contributed by atoms with Crippen LogP contribution < -0.4 is 0 Å². The van der Waals surface area contributed by atoms with E-state index >= 15 is 0 Å². The molecule has 0 aromatic rings. The fourth-order valence-corrected chi connectivity index (χ4v) is 7.04. The topological polar surface area (TPSA) is 78.9 Å². The molecule has 0 aliphatic carbocycles. The molecule has 6 heteroatoms. The van der Waals surface area contributed by atoms with Gasteiger partial charge in [0.05, 0.1) is 0 Å². The van der Waals surface area contributed by atoms with E-state index in [4.69, 9.17) is 14.2 Å². The monoisotopic (exact) mass is 953 g/mol. The lowest BCUT2D eigenvalue weighted by Crippen LogP contribution is -2.30. The first-order valence-corrected chi connectivity index (χ1v) is 27.7. The van der Waals surface area contributed by atoms with Crippen LogP contribution in [-0.2, 0) is 28.6 Å². The van der Waals surface area contributed by atoms with E-state index in [0.29, 0.717) is 12.8 Å². The Balaban J connectivity index is 4.56. The zero-order chi connectivity index (χ0) is 50.0. The van der Waals surface area contributed by atoms with Crippen molar-refractivity contribution in [2.45, 2.75) is 232 Å². The number of allylic oxidation sites excluding steroid dienone is 22. The third kappa shape index (κ3) is 54.4. The molecule has 388 valence electrons. The number of unbranched alkanes of at least 4 members (excludes halogenated alkanes) is 15. The predicted octanol–water partition coefficient (Wildman–Crippen LogP) is 18.6. The van der Waals surface area contributed by atoms with E-state index < -0.39 is 6.10 Å². The molecule has 0 radical (unpaired) electrons. The Morgan fingerprint density at radius 1 is 0.304 bits per heavy atom. The molecule has 0 bridgehead atoms. The van der Waals surface area contributed by atoms with Crippen molar-refractivity contribution >= 4 is 17.9 Å².